The second kappa shape index (κ2) is 6.05. The fourth-order valence-electron chi connectivity index (χ4n) is 3.22. The summed E-state index contributed by atoms with van der Waals surface area (Å²) in [5, 5.41) is 0.448. The summed E-state index contributed by atoms with van der Waals surface area (Å²) in [4.78, 5) is 25.2. The highest BCUT2D eigenvalue weighted by Crippen LogP contribution is 2.42. The van der Waals surface area contributed by atoms with Crippen molar-refractivity contribution in [1.82, 2.24) is 9.13 Å². The van der Waals surface area contributed by atoms with Crippen LogP contribution in [0.25, 0.3) is 10.9 Å². The van der Waals surface area contributed by atoms with E-state index in [1.165, 1.54) is 7.05 Å². The Morgan fingerprint density at radius 1 is 1.04 bits per heavy atom. The summed E-state index contributed by atoms with van der Waals surface area (Å²) in [7, 11) is 1.50. The van der Waals surface area contributed by atoms with Gasteiger partial charge in [-0.05, 0) is 12.0 Å². The molecule has 1 aliphatic rings. The first-order chi connectivity index (χ1) is 12.5. The molecule has 0 fully saturated rings. The average molecular weight is 352 g/mol. The molecule has 4 rings (SSSR count). The molecule has 2 heterocycles. The van der Waals surface area contributed by atoms with E-state index in [0.29, 0.717) is 28.9 Å². The maximum absolute atomic E-state index is 12.6. The Labute approximate surface area is 150 Å². The standard InChI is InChI=1S/C20H20N2O4/c1-12(2)11-22-15-10-17-16(9-14(15)18(23)21(3)20(22)24)25-19(26-17)13-7-5-4-6-8-13/h4-10,12,19H,11H2,1-3H3/t19-/m1/s1. The maximum atomic E-state index is 12.6. The van der Waals surface area contributed by atoms with Crippen LogP contribution in [0.4, 0.5) is 0 Å². The van der Waals surface area contributed by atoms with Gasteiger partial charge in [0.25, 0.3) is 11.8 Å². The second-order valence-corrected chi connectivity index (χ2v) is 6.95. The minimum absolute atomic E-state index is 0.260. The summed E-state index contributed by atoms with van der Waals surface area (Å²) < 4.78 is 14.6. The fraction of sp³-hybridized carbons (Fsp3) is 0.300. The third kappa shape index (κ3) is 2.58. The number of hydrogen-bond donors (Lipinski definition) is 0. The van der Waals surface area contributed by atoms with Crippen molar-refractivity contribution in [2.24, 2.45) is 13.0 Å². The largest absolute Gasteiger partial charge is 0.447 e. The van der Waals surface area contributed by atoms with E-state index in [0.717, 1.165) is 10.1 Å². The van der Waals surface area contributed by atoms with Gasteiger partial charge in [-0.15, -0.1) is 0 Å². The summed E-state index contributed by atoms with van der Waals surface area (Å²) >= 11 is 0. The van der Waals surface area contributed by atoms with Gasteiger partial charge in [0, 0.05) is 25.2 Å². The monoisotopic (exact) mass is 352 g/mol. The van der Waals surface area contributed by atoms with Crippen LogP contribution in [0.2, 0.25) is 0 Å². The molecule has 0 aliphatic carbocycles. The van der Waals surface area contributed by atoms with E-state index in [-0.39, 0.29) is 17.2 Å². The zero-order valence-electron chi connectivity index (χ0n) is 14.9. The number of ether oxygens (including phenoxy) is 2. The molecule has 1 atom stereocenters. The number of rotatable bonds is 3. The van der Waals surface area contributed by atoms with E-state index in [4.69, 9.17) is 9.47 Å². The van der Waals surface area contributed by atoms with Crippen molar-refractivity contribution in [3.63, 3.8) is 0 Å². The van der Waals surface area contributed by atoms with Crippen LogP contribution in [-0.4, -0.2) is 9.13 Å². The van der Waals surface area contributed by atoms with Crippen molar-refractivity contribution in [1.29, 1.82) is 0 Å². The van der Waals surface area contributed by atoms with Crippen LogP contribution >= 0.6 is 0 Å². The van der Waals surface area contributed by atoms with Gasteiger partial charge in [-0.2, -0.15) is 0 Å². The fourth-order valence-corrected chi connectivity index (χ4v) is 3.22. The van der Waals surface area contributed by atoms with Crippen molar-refractivity contribution in [2.75, 3.05) is 0 Å². The zero-order valence-corrected chi connectivity index (χ0v) is 14.9. The van der Waals surface area contributed by atoms with Gasteiger partial charge in [0.1, 0.15) is 0 Å². The van der Waals surface area contributed by atoms with Crippen LogP contribution < -0.4 is 20.7 Å². The van der Waals surface area contributed by atoms with E-state index in [2.05, 4.69) is 0 Å². The van der Waals surface area contributed by atoms with Crippen LogP contribution in [0, 0.1) is 5.92 Å². The van der Waals surface area contributed by atoms with E-state index in [9.17, 15) is 9.59 Å². The quantitative estimate of drug-likeness (QED) is 0.727. The van der Waals surface area contributed by atoms with Gasteiger partial charge < -0.3 is 9.47 Å². The minimum Gasteiger partial charge on any atom is -0.447 e. The lowest BCUT2D eigenvalue weighted by Gasteiger charge is -2.14. The number of fused-ring (bicyclic) bond motifs is 2. The maximum Gasteiger partial charge on any atom is 0.331 e. The number of hydrogen-bond acceptors (Lipinski definition) is 4. The van der Waals surface area contributed by atoms with Gasteiger partial charge in [0.05, 0.1) is 10.9 Å². The Balaban J connectivity index is 1.88. The summed E-state index contributed by atoms with van der Waals surface area (Å²) in [6.07, 6.45) is -0.558. The molecule has 6 nitrogen and oxygen atoms in total. The first-order valence-electron chi connectivity index (χ1n) is 8.61. The summed E-state index contributed by atoms with van der Waals surface area (Å²) in [5.41, 5.74) is 0.803. The van der Waals surface area contributed by atoms with E-state index in [1.54, 1.807) is 16.7 Å². The highest BCUT2D eigenvalue weighted by molar-refractivity contribution is 5.82. The van der Waals surface area contributed by atoms with Gasteiger partial charge in [0.2, 0.25) is 0 Å². The molecule has 0 saturated carbocycles. The van der Waals surface area contributed by atoms with Gasteiger partial charge >= 0.3 is 5.69 Å². The highest BCUT2D eigenvalue weighted by atomic mass is 16.7. The number of nitrogens with zero attached hydrogens (tertiary/aromatic N) is 2. The molecular formula is C20H20N2O4. The molecule has 3 aromatic rings. The van der Waals surface area contributed by atoms with Crippen LogP contribution in [0.15, 0.2) is 52.1 Å². The van der Waals surface area contributed by atoms with Gasteiger partial charge in [-0.25, -0.2) is 4.79 Å². The Hall–Kier alpha value is -3.02. The molecule has 0 unspecified atom stereocenters. The third-order valence-corrected chi connectivity index (χ3v) is 4.49. The topological polar surface area (TPSA) is 62.5 Å². The highest BCUT2D eigenvalue weighted by Gasteiger charge is 2.27. The molecular weight excluding hydrogens is 332 g/mol. The first kappa shape index (κ1) is 16.4. The average Bonchev–Trinajstić information content (AvgIpc) is 3.06. The van der Waals surface area contributed by atoms with Crippen LogP contribution in [0.3, 0.4) is 0 Å². The lowest BCUT2D eigenvalue weighted by Crippen LogP contribution is -2.38. The molecule has 0 bridgehead atoms. The molecule has 2 aromatic carbocycles. The SMILES string of the molecule is CC(C)Cn1c(=O)n(C)c(=O)c2cc3c(cc21)O[C@H](c1ccccc1)O3. The van der Waals surface area contributed by atoms with Crippen molar-refractivity contribution in [3.05, 3.63) is 68.9 Å². The van der Waals surface area contributed by atoms with Crippen LogP contribution in [0.5, 0.6) is 11.5 Å². The lowest BCUT2D eigenvalue weighted by molar-refractivity contribution is 0.0488. The molecule has 6 heteroatoms. The zero-order chi connectivity index (χ0) is 18.4. The lowest BCUT2D eigenvalue weighted by atomic mass is 10.2. The molecule has 0 N–H and O–H groups in total. The van der Waals surface area contributed by atoms with Crippen LogP contribution in [0.1, 0.15) is 25.7 Å². The van der Waals surface area contributed by atoms with E-state index in [1.807, 2.05) is 44.2 Å². The smallest absolute Gasteiger partial charge is 0.331 e. The molecule has 1 aromatic heterocycles. The van der Waals surface area contributed by atoms with Gasteiger partial charge in [-0.1, -0.05) is 44.2 Å². The molecule has 134 valence electrons. The molecule has 1 aliphatic heterocycles. The molecule has 0 radical (unpaired) electrons. The molecule has 26 heavy (non-hydrogen) atoms. The summed E-state index contributed by atoms with van der Waals surface area (Å²) in [6, 6.07) is 13.0. The Morgan fingerprint density at radius 3 is 2.35 bits per heavy atom. The first-order valence-corrected chi connectivity index (χ1v) is 8.61. The van der Waals surface area contributed by atoms with Gasteiger partial charge in [-0.3, -0.25) is 13.9 Å². The normalized spacial score (nSPS) is 15.8. The Bertz CT molecular complexity index is 1100. The van der Waals surface area contributed by atoms with Crippen molar-refractivity contribution < 1.29 is 9.47 Å². The Kier molecular flexibility index (Phi) is 3.83. The van der Waals surface area contributed by atoms with Crippen molar-refractivity contribution >= 4 is 10.9 Å². The van der Waals surface area contributed by atoms with Crippen LogP contribution in [-0.2, 0) is 13.6 Å². The van der Waals surface area contributed by atoms with E-state index < -0.39 is 6.29 Å². The van der Waals surface area contributed by atoms with Crippen molar-refractivity contribution in [2.45, 2.75) is 26.7 Å². The molecule has 0 amide bonds. The number of aromatic nitrogens is 2. The summed E-state index contributed by atoms with van der Waals surface area (Å²) in [6.45, 7) is 4.58. The van der Waals surface area contributed by atoms with E-state index >= 15 is 0 Å². The summed E-state index contributed by atoms with van der Waals surface area (Å²) in [5.74, 6) is 1.31. The number of benzene rings is 2. The van der Waals surface area contributed by atoms with Gasteiger partial charge in [0.15, 0.2) is 11.5 Å². The predicted octanol–water partition coefficient (Wildman–Crippen LogP) is 2.83. The Morgan fingerprint density at radius 2 is 1.69 bits per heavy atom. The predicted molar refractivity (Wildman–Crippen MR) is 98.7 cm³/mol. The minimum atomic E-state index is -0.558. The molecule has 0 saturated heterocycles. The second-order valence-electron chi connectivity index (χ2n) is 6.95. The van der Waals surface area contributed by atoms with Crippen molar-refractivity contribution in [3.8, 4) is 11.5 Å². The third-order valence-electron chi connectivity index (χ3n) is 4.49. The molecule has 0 spiro atoms.